The molecule has 0 aliphatic heterocycles. The predicted molar refractivity (Wildman–Crippen MR) is 79.8 cm³/mol. The molecule has 0 aliphatic carbocycles. The summed E-state index contributed by atoms with van der Waals surface area (Å²) in [6.45, 7) is 3.57. The Kier molecular flexibility index (Phi) is 4.56. The minimum Gasteiger partial charge on any atom is -0.406 e. The molecule has 0 amide bonds. The average molecular weight is 345 g/mol. The van der Waals surface area contributed by atoms with Gasteiger partial charge in [-0.15, -0.1) is 13.2 Å². The molecule has 0 bridgehead atoms. The maximum absolute atomic E-state index is 12.3. The van der Waals surface area contributed by atoms with Gasteiger partial charge in [-0.2, -0.15) is 0 Å². The lowest BCUT2D eigenvalue weighted by atomic mass is 10.1. The van der Waals surface area contributed by atoms with Crippen LogP contribution in [0, 0.1) is 13.8 Å². The molecule has 8 heteroatoms. The van der Waals surface area contributed by atoms with Crippen LogP contribution in [0.25, 0.3) is 0 Å². The Bertz CT molecular complexity index is 800. The molecule has 2 aromatic rings. The number of aryl methyl sites for hydroxylation is 2. The van der Waals surface area contributed by atoms with Crippen LogP contribution >= 0.6 is 0 Å². The summed E-state index contributed by atoms with van der Waals surface area (Å²) >= 11 is 0. The predicted octanol–water partition coefficient (Wildman–Crippen LogP) is 4.00. The minimum atomic E-state index is -4.82. The van der Waals surface area contributed by atoms with Crippen molar-refractivity contribution in [1.82, 2.24) is 0 Å². The van der Waals surface area contributed by atoms with Crippen molar-refractivity contribution in [3.63, 3.8) is 0 Å². The monoisotopic (exact) mass is 345 g/mol. The second-order valence-electron chi connectivity index (χ2n) is 4.94. The summed E-state index contributed by atoms with van der Waals surface area (Å²) in [5.41, 5.74) is 2.03. The summed E-state index contributed by atoms with van der Waals surface area (Å²) in [5, 5.41) is 0. The Labute approximate surface area is 132 Å². The van der Waals surface area contributed by atoms with Gasteiger partial charge in [-0.25, -0.2) is 8.42 Å². The van der Waals surface area contributed by atoms with Crippen molar-refractivity contribution >= 4 is 15.7 Å². The number of ether oxygens (including phenoxy) is 1. The highest BCUT2D eigenvalue weighted by atomic mass is 32.2. The van der Waals surface area contributed by atoms with Crippen molar-refractivity contribution < 1.29 is 26.3 Å². The average Bonchev–Trinajstić information content (AvgIpc) is 2.41. The molecule has 0 heterocycles. The first-order valence-electron chi connectivity index (χ1n) is 6.53. The minimum absolute atomic E-state index is 0.159. The first-order valence-corrected chi connectivity index (χ1v) is 8.01. The van der Waals surface area contributed by atoms with E-state index in [2.05, 4.69) is 9.46 Å². The molecule has 0 unspecified atom stereocenters. The molecular weight excluding hydrogens is 331 g/mol. The molecule has 0 saturated heterocycles. The number of rotatable bonds is 4. The second-order valence-corrected chi connectivity index (χ2v) is 6.63. The normalized spacial score (nSPS) is 12.0. The van der Waals surface area contributed by atoms with Crippen LogP contribution in [0.4, 0.5) is 18.9 Å². The molecule has 0 radical (unpaired) electrons. The van der Waals surface area contributed by atoms with Crippen molar-refractivity contribution in [3.05, 3.63) is 53.6 Å². The maximum atomic E-state index is 12.3. The van der Waals surface area contributed by atoms with Crippen LogP contribution in [-0.4, -0.2) is 14.8 Å². The van der Waals surface area contributed by atoms with E-state index in [0.717, 1.165) is 35.4 Å². The van der Waals surface area contributed by atoms with E-state index in [4.69, 9.17) is 0 Å². The van der Waals surface area contributed by atoms with Crippen LogP contribution in [0.3, 0.4) is 0 Å². The third-order valence-electron chi connectivity index (χ3n) is 3.01. The molecule has 0 spiro atoms. The van der Waals surface area contributed by atoms with Gasteiger partial charge < -0.3 is 4.74 Å². The quantitative estimate of drug-likeness (QED) is 0.911. The number of anilines is 1. The number of benzene rings is 2. The van der Waals surface area contributed by atoms with Gasteiger partial charge in [-0.1, -0.05) is 12.1 Å². The fraction of sp³-hybridized carbons (Fsp3) is 0.200. The van der Waals surface area contributed by atoms with Gasteiger partial charge in [0.1, 0.15) is 5.75 Å². The smallest absolute Gasteiger partial charge is 0.406 e. The largest absolute Gasteiger partial charge is 0.573 e. The van der Waals surface area contributed by atoms with Crippen LogP contribution in [0.2, 0.25) is 0 Å². The van der Waals surface area contributed by atoms with E-state index >= 15 is 0 Å². The number of hydrogen-bond acceptors (Lipinski definition) is 3. The Morgan fingerprint density at radius 3 is 2.17 bits per heavy atom. The van der Waals surface area contributed by atoms with Crippen LogP contribution in [0.5, 0.6) is 5.75 Å². The lowest BCUT2D eigenvalue weighted by Gasteiger charge is -2.12. The Hall–Kier alpha value is -2.22. The van der Waals surface area contributed by atoms with Gasteiger partial charge in [0.2, 0.25) is 0 Å². The van der Waals surface area contributed by atoms with Gasteiger partial charge >= 0.3 is 6.36 Å². The molecule has 0 aromatic heterocycles. The summed E-state index contributed by atoms with van der Waals surface area (Å²) in [7, 11) is -3.90. The van der Waals surface area contributed by atoms with E-state index in [1.165, 1.54) is 0 Å². The number of halogens is 3. The van der Waals surface area contributed by atoms with E-state index in [9.17, 15) is 21.6 Å². The van der Waals surface area contributed by atoms with E-state index in [1.807, 2.05) is 13.0 Å². The lowest BCUT2D eigenvalue weighted by molar-refractivity contribution is -0.274. The molecule has 124 valence electrons. The topological polar surface area (TPSA) is 55.4 Å². The third kappa shape index (κ3) is 4.62. The van der Waals surface area contributed by atoms with Crippen molar-refractivity contribution in [3.8, 4) is 5.75 Å². The molecule has 0 saturated carbocycles. The number of nitrogens with one attached hydrogen (secondary N) is 1. The second kappa shape index (κ2) is 6.11. The van der Waals surface area contributed by atoms with Crippen molar-refractivity contribution in [1.29, 1.82) is 0 Å². The van der Waals surface area contributed by atoms with Gasteiger partial charge in [0.15, 0.2) is 0 Å². The molecule has 2 rings (SSSR count). The molecule has 4 nitrogen and oxygen atoms in total. The Balaban J connectivity index is 2.24. The van der Waals surface area contributed by atoms with E-state index in [-0.39, 0.29) is 4.90 Å². The Morgan fingerprint density at radius 2 is 1.61 bits per heavy atom. The number of hydrogen-bond donors (Lipinski definition) is 1. The zero-order valence-electron chi connectivity index (χ0n) is 12.3. The first kappa shape index (κ1) is 17.1. The molecule has 0 aliphatic rings. The van der Waals surface area contributed by atoms with Gasteiger partial charge in [0.05, 0.1) is 10.6 Å². The van der Waals surface area contributed by atoms with Gasteiger partial charge in [-0.3, -0.25) is 4.72 Å². The van der Waals surface area contributed by atoms with Crippen LogP contribution in [-0.2, 0) is 10.0 Å². The fourth-order valence-corrected chi connectivity index (χ4v) is 2.99. The molecule has 23 heavy (non-hydrogen) atoms. The van der Waals surface area contributed by atoms with E-state index in [1.54, 1.807) is 19.1 Å². The van der Waals surface area contributed by atoms with E-state index in [0.29, 0.717) is 5.69 Å². The molecule has 1 N–H and O–H groups in total. The molecule has 0 atom stereocenters. The van der Waals surface area contributed by atoms with Gasteiger partial charge in [0, 0.05) is 0 Å². The molecular formula is C15H14F3NO3S. The lowest BCUT2D eigenvalue weighted by Crippen LogP contribution is -2.17. The summed E-state index contributed by atoms with van der Waals surface area (Å²) in [5.74, 6) is -0.483. The number of sulfonamides is 1. The SMILES string of the molecule is Cc1ccc(C)c(NS(=O)(=O)c2ccc(OC(F)(F)F)cc2)c1. The molecule has 0 fully saturated rings. The summed E-state index contributed by atoms with van der Waals surface area (Å²) in [4.78, 5) is -0.159. The zero-order valence-corrected chi connectivity index (χ0v) is 13.1. The van der Waals surface area contributed by atoms with Crippen molar-refractivity contribution in [2.45, 2.75) is 25.1 Å². The number of alkyl halides is 3. The summed E-state index contributed by atoms with van der Waals surface area (Å²) in [6.07, 6.45) is -4.82. The molecule has 2 aromatic carbocycles. The van der Waals surface area contributed by atoms with E-state index < -0.39 is 22.1 Å². The van der Waals surface area contributed by atoms with Gasteiger partial charge in [-0.05, 0) is 55.3 Å². The van der Waals surface area contributed by atoms with Crippen LogP contribution in [0.1, 0.15) is 11.1 Å². The zero-order chi connectivity index (χ0) is 17.3. The van der Waals surface area contributed by atoms with Crippen molar-refractivity contribution in [2.75, 3.05) is 4.72 Å². The maximum Gasteiger partial charge on any atom is 0.573 e. The standard InChI is InChI=1S/C15H14F3NO3S/c1-10-3-4-11(2)14(9-10)19-23(20,21)13-7-5-12(6-8-13)22-15(16,17)18/h3-9,19H,1-2H3. The van der Waals surface area contributed by atoms with Gasteiger partial charge in [0.25, 0.3) is 10.0 Å². The summed E-state index contributed by atoms with van der Waals surface area (Å²) in [6, 6.07) is 9.29. The van der Waals surface area contributed by atoms with Crippen molar-refractivity contribution in [2.24, 2.45) is 0 Å². The first-order chi connectivity index (χ1) is 10.6. The highest BCUT2D eigenvalue weighted by Crippen LogP contribution is 2.25. The third-order valence-corrected chi connectivity index (χ3v) is 4.39. The van der Waals surface area contributed by atoms with Crippen LogP contribution < -0.4 is 9.46 Å². The fourth-order valence-electron chi connectivity index (χ4n) is 1.87. The highest BCUT2D eigenvalue weighted by Gasteiger charge is 2.31. The summed E-state index contributed by atoms with van der Waals surface area (Å²) < 4.78 is 67.0. The van der Waals surface area contributed by atoms with Crippen LogP contribution in [0.15, 0.2) is 47.4 Å². The highest BCUT2D eigenvalue weighted by molar-refractivity contribution is 7.92. The Morgan fingerprint density at radius 1 is 1.00 bits per heavy atom.